The van der Waals surface area contributed by atoms with Crippen molar-refractivity contribution in [3.05, 3.63) is 0 Å². The van der Waals surface area contributed by atoms with Gasteiger partial charge in [-0.1, -0.05) is 34.8 Å². The Hall–Kier alpha value is 0.340. The Kier molecular flexibility index (Phi) is 2.17. The molecule has 0 aromatic heterocycles. The van der Waals surface area contributed by atoms with Gasteiger partial charge in [-0.3, -0.25) is 0 Å². The van der Waals surface area contributed by atoms with Crippen molar-refractivity contribution in [1.29, 1.82) is 0 Å². The SMILES string of the molecule is [O]C(=O)C(Cl)(Cl)Cl. The standard InChI is InChI=1S/C2Cl3O2/c3-2(4,5)1(6)7. The quantitative estimate of drug-likeness (QED) is 0.495. The summed E-state index contributed by atoms with van der Waals surface area (Å²) in [6.45, 7) is 0. The van der Waals surface area contributed by atoms with Crippen molar-refractivity contribution in [3.8, 4) is 0 Å². The highest BCUT2D eigenvalue weighted by Crippen LogP contribution is 2.25. The summed E-state index contributed by atoms with van der Waals surface area (Å²) in [7, 11) is 0. The van der Waals surface area contributed by atoms with Gasteiger partial charge in [0.25, 0.3) is 3.79 Å². The highest BCUT2D eigenvalue weighted by Gasteiger charge is 2.31. The molecule has 0 bridgehead atoms. The average molecular weight is 162 g/mol. The van der Waals surface area contributed by atoms with Crippen molar-refractivity contribution in [2.24, 2.45) is 0 Å². The normalized spacial score (nSPS) is 11.3. The molecule has 0 unspecified atom stereocenters. The summed E-state index contributed by atoms with van der Waals surface area (Å²) in [5.74, 6) is -1.71. The Morgan fingerprint density at radius 1 is 1.29 bits per heavy atom. The number of hydrogen-bond acceptors (Lipinski definition) is 1. The van der Waals surface area contributed by atoms with E-state index >= 15 is 0 Å². The molecule has 7 heavy (non-hydrogen) atoms. The molecular weight excluding hydrogens is 162 g/mol. The average Bonchev–Trinajstić information content (AvgIpc) is 1.31. The highest BCUT2D eigenvalue weighted by molar-refractivity contribution is 6.75. The third-order valence-corrected chi connectivity index (χ3v) is 0.694. The van der Waals surface area contributed by atoms with Gasteiger partial charge in [0.05, 0.1) is 0 Å². The zero-order valence-corrected chi connectivity index (χ0v) is 5.22. The van der Waals surface area contributed by atoms with Crippen molar-refractivity contribution in [3.63, 3.8) is 0 Å². The van der Waals surface area contributed by atoms with E-state index in [1.54, 1.807) is 0 Å². The van der Waals surface area contributed by atoms with Gasteiger partial charge in [-0.25, -0.2) is 9.90 Å². The topological polar surface area (TPSA) is 37.0 Å². The first-order chi connectivity index (χ1) is 2.94. The van der Waals surface area contributed by atoms with Gasteiger partial charge in [0.2, 0.25) is 0 Å². The second-order valence-corrected chi connectivity index (χ2v) is 3.07. The van der Waals surface area contributed by atoms with Crippen molar-refractivity contribution in [2.45, 2.75) is 3.79 Å². The maximum Gasteiger partial charge on any atom is 0.406 e. The monoisotopic (exact) mass is 161 g/mol. The van der Waals surface area contributed by atoms with Crippen LogP contribution in [0.15, 0.2) is 0 Å². The Morgan fingerprint density at radius 2 is 1.43 bits per heavy atom. The summed E-state index contributed by atoms with van der Waals surface area (Å²) in [5, 5.41) is 9.51. The van der Waals surface area contributed by atoms with Crippen LogP contribution in [0, 0.1) is 0 Å². The maximum atomic E-state index is 9.51. The number of alkyl halides is 3. The fourth-order valence-electron chi connectivity index (χ4n) is 0. The van der Waals surface area contributed by atoms with Crippen LogP contribution in [0.2, 0.25) is 0 Å². The number of halogens is 3. The molecule has 0 amide bonds. The first kappa shape index (κ1) is 7.34. The Labute approximate surface area is 55.0 Å². The summed E-state index contributed by atoms with van der Waals surface area (Å²) in [6.07, 6.45) is 0. The lowest BCUT2D eigenvalue weighted by Gasteiger charge is -1.96. The van der Waals surface area contributed by atoms with Crippen LogP contribution in [0.5, 0.6) is 0 Å². The van der Waals surface area contributed by atoms with Crippen LogP contribution >= 0.6 is 34.8 Å². The predicted octanol–water partition coefficient (Wildman–Crippen LogP) is 1.31. The fourth-order valence-corrected chi connectivity index (χ4v) is 0. The molecule has 0 atom stereocenters. The Bertz CT molecular complexity index is 83.4. The van der Waals surface area contributed by atoms with Gasteiger partial charge in [-0.15, -0.1) is 0 Å². The lowest BCUT2D eigenvalue weighted by Crippen LogP contribution is -2.15. The number of rotatable bonds is 0. The van der Waals surface area contributed by atoms with E-state index in [1.165, 1.54) is 0 Å². The molecule has 41 valence electrons. The Balaban J connectivity index is 3.79. The number of hydrogen-bond donors (Lipinski definition) is 0. The second kappa shape index (κ2) is 2.07. The van der Waals surface area contributed by atoms with E-state index in [-0.39, 0.29) is 0 Å². The van der Waals surface area contributed by atoms with Crippen LogP contribution in [0.4, 0.5) is 0 Å². The second-order valence-electron chi connectivity index (χ2n) is 0.785. The predicted molar refractivity (Wildman–Crippen MR) is 26.0 cm³/mol. The number of carbonyl (C=O) groups excluding carboxylic acids is 1. The summed E-state index contributed by atoms with van der Waals surface area (Å²) in [4.78, 5) is 9.51. The van der Waals surface area contributed by atoms with E-state index in [0.29, 0.717) is 0 Å². The van der Waals surface area contributed by atoms with Gasteiger partial charge < -0.3 is 0 Å². The van der Waals surface area contributed by atoms with Gasteiger partial charge in [0.15, 0.2) is 0 Å². The molecule has 0 spiro atoms. The summed E-state index contributed by atoms with van der Waals surface area (Å²) >= 11 is 14.2. The van der Waals surface area contributed by atoms with E-state index in [0.717, 1.165) is 0 Å². The van der Waals surface area contributed by atoms with Crippen molar-refractivity contribution < 1.29 is 9.90 Å². The minimum atomic E-state index is -2.28. The molecule has 0 fully saturated rings. The Morgan fingerprint density at radius 3 is 1.43 bits per heavy atom. The highest BCUT2D eigenvalue weighted by atomic mass is 35.6. The van der Waals surface area contributed by atoms with Crippen LogP contribution in [-0.2, 0) is 9.90 Å². The van der Waals surface area contributed by atoms with Gasteiger partial charge in [0.1, 0.15) is 0 Å². The molecule has 0 N–H and O–H groups in total. The molecule has 2 nitrogen and oxygen atoms in total. The molecule has 0 saturated heterocycles. The largest absolute Gasteiger partial charge is 0.406 e. The third kappa shape index (κ3) is 2.97. The first-order valence-electron chi connectivity index (χ1n) is 1.23. The van der Waals surface area contributed by atoms with Crippen molar-refractivity contribution in [1.82, 2.24) is 0 Å². The molecule has 0 aliphatic heterocycles. The lowest BCUT2D eigenvalue weighted by molar-refractivity contribution is -0.141. The zero-order valence-electron chi connectivity index (χ0n) is 2.95. The summed E-state index contributed by atoms with van der Waals surface area (Å²) in [5.41, 5.74) is 0. The van der Waals surface area contributed by atoms with Crippen LogP contribution in [0.25, 0.3) is 0 Å². The molecule has 0 aromatic rings. The molecule has 5 heteroatoms. The van der Waals surface area contributed by atoms with Crippen LogP contribution in [0.3, 0.4) is 0 Å². The van der Waals surface area contributed by atoms with Gasteiger partial charge >= 0.3 is 5.97 Å². The smallest absolute Gasteiger partial charge is 0.242 e. The van der Waals surface area contributed by atoms with Crippen molar-refractivity contribution in [2.75, 3.05) is 0 Å². The van der Waals surface area contributed by atoms with Crippen molar-refractivity contribution >= 4 is 40.8 Å². The van der Waals surface area contributed by atoms with Gasteiger partial charge in [-0.2, -0.15) is 0 Å². The molecule has 1 radical (unpaired) electrons. The first-order valence-corrected chi connectivity index (χ1v) is 2.36. The minimum Gasteiger partial charge on any atom is -0.242 e. The minimum absolute atomic E-state index is 1.71. The van der Waals surface area contributed by atoms with Gasteiger partial charge in [0, 0.05) is 0 Å². The number of carbonyl (C=O) groups is 1. The third-order valence-electron chi connectivity index (χ3n) is 0.231. The molecular formula is C2Cl3O2. The van der Waals surface area contributed by atoms with E-state index < -0.39 is 9.76 Å². The summed E-state index contributed by atoms with van der Waals surface area (Å²) in [6, 6.07) is 0. The molecule has 0 saturated carbocycles. The van der Waals surface area contributed by atoms with Crippen LogP contribution < -0.4 is 0 Å². The van der Waals surface area contributed by atoms with E-state index in [1.807, 2.05) is 0 Å². The fraction of sp³-hybridized carbons (Fsp3) is 0.500. The molecule has 0 heterocycles. The maximum absolute atomic E-state index is 9.51. The van der Waals surface area contributed by atoms with E-state index in [2.05, 4.69) is 0 Å². The zero-order chi connectivity index (χ0) is 6.08. The van der Waals surface area contributed by atoms with E-state index in [9.17, 15) is 9.90 Å². The van der Waals surface area contributed by atoms with Crippen LogP contribution in [0.1, 0.15) is 0 Å². The van der Waals surface area contributed by atoms with Crippen LogP contribution in [-0.4, -0.2) is 9.76 Å². The van der Waals surface area contributed by atoms with E-state index in [4.69, 9.17) is 34.8 Å². The molecule has 0 aromatic carbocycles. The summed E-state index contributed by atoms with van der Waals surface area (Å²) < 4.78 is -2.28. The molecule has 0 rings (SSSR count). The lowest BCUT2D eigenvalue weighted by atomic mass is 10.8. The molecule has 0 aliphatic carbocycles. The van der Waals surface area contributed by atoms with Gasteiger partial charge in [-0.05, 0) is 0 Å². The molecule has 0 aliphatic rings.